The first kappa shape index (κ1) is 15.5. The van der Waals surface area contributed by atoms with Crippen LogP contribution < -0.4 is 5.32 Å². The quantitative estimate of drug-likeness (QED) is 0.714. The zero-order valence-corrected chi connectivity index (χ0v) is 14.9. The van der Waals surface area contributed by atoms with Crippen LogP contribution in [0.1, 0.15) is 28.3 Å². The van der Waals surface area contributed by atoms with Crippen LogP contribution in [0.25, 0.3) is 0 Å². The number of carbonyl (C=O) groups excluding carboxylic acids is 1. The molecule has 6 heteroatoms. The van der Waals surface area contributed by atoms with Gasteiger partial charge in [-0.3, -0.25) is 4.79 Å². The summed E-state index contributed by atoms with van der Waals surface area (Å²) in [5.74, 6) is 0.953. The Bertz CT molecular complexity index is 853. The second-order valence-electron chi connectivity index (χ2n) is 5.76. The number of aromatic nitrogens is 2. The van der Waals surface area contributed by atoms with E-state index in [0.717, 1.165) is 11.4 Å². The minimum Gasteiger partial charge on any atom is -0.311 e. The second-order valence-corrected chi connectivity index (χ2v) is 7.68. The molecular weight excluding hydrogens is 338 g/mol. The van der Waals surface area contributed by atoms with E-state index in [1.165, 1.54) is 15.3 Å². The first-order chi connectivity index (χ1) is 11.7. The third-order valence-electron chi connectivity index (χ3n) is 4.29. The van der Waals surface area contributed by atoms with Crippen molar-refractivity contribution in [3.63, 3.8) is 0 Å². The van der Waals surface area contributed by atoms with Crippen molar-refractivity contribution < 1.29 is 4.79 Å². The van der Waals surface area contributed by atoms with Gasteiger partial charge < -0.3 is 5.32 Å². The van der Waals surface area contributed by atoms with Crippen LogP contribution in [0.15, 0.2) is 52.9 Å². The molecule has 4 rings (SSSR count). The molecule has 24 heavy (non-hydrogen) atoms. The van der Waals surface area contributed by atoms with Gasteiger partial charge in [-0.25, -0.2) is 4.68 Å². The maximum absolute atomic E-state index is 12.2. The van der Waals surface area contributed by atoms with Crippen LogP contribution >= 0.6 is 23.1 Å². The summed E-state index contributed by atoms with van der Waals surface area (Å²) in [6.45, 7) is 0.686. The van der Waals surface area contributed by atoms with Crippen LogP contribution in [0, 0.1) is 0 Å². The first-order valence-corrected chi connectivity index (χ1v) is 9.87. The van der Waals surface area contributed by atoms with E-state index in [4.69, 9.17) is 0 Å². The van der Waals surface area contributed by atoms with Crippen LogP contribution in [0.2, 0.25) is 0 Å². The summed E-state index contributed by atoms with van der Waals surface area (Å²) in [5.41, 5.74) is 2.27. The standard InChI is InChI=1S/C18H17N3OS2/c1-23-13-6-4-12(5-7-13)15-9-17(22)20-18-16(15)10-19-21(18)11-14-3-2-8-24-14/h2-8,10,15H,9,11H2,1H3,(H,20,22)/t15-/m1/s1. The van der Waals surface area contributed by atoms with E-state index in [1.54, 1.807) is 23.1 Å². The van der Waals surface area contributed by atoms with Gasteiger partial charge in [-0.2, -0.15) is 5.10 Å². The lowest BCUT2D eigenvalue weighted by molar-refractivity contribution is -0.116. The number of benzene rings is 1. The van der Waals surface area contributed by atoms with Crippen LogP contribution in [0.4, 0.5) is 5.82 Å². The highest BCUT2D eigenvalue weighted by Gasteiger charge is 2.29. The van der Waals surface area contributed by atoms with Crippen LogP contribution in [-0.2, 0) is 11.3 Å². The Balaban J connectivity index is 1.69. The third-order valence-corrected chi connectivity index (χ3v) is 5.90. The molecule has 2 aromatic heterocycles. The molecule has 1 atom stereocenters. The molecule has 0 fully saturated rings. The van der Waals surface area contributed by atoms with E-state index in [-0.39, 0.29) is 11.8 Å². The van der Waals surface area contributed by atoms with E-state index in [1.807, 2.05) is 16.9 Å². The van der Waals surface area contributed by atoms with Gasteiger partial charge in [0.2, 0.25) is 5.91 Å². The number of fused-ring (bicyclic) bond motifs is 1. The number of amides is 1. The summed E-state index contributed by atoms with van der Waals surface area (Å²) < 4.78 is 1.89. The number of thiophene rings is 1. The van der Waals surface area contributed by atoms with Crippen LogP contribution in [0.5, 0.6) is 0 Å². The fourth-order valence-corrected chi connectivity index (χ4v) is 4.17. The molecule has 1 aliphatic heterocycles. The monoisotopic (exact) mass is 355 g/mol. The number of carbonyl (C=O) groups is 1. The molecule has 0 saturated carbocycles. The fraction of sp³-hybridized carbons (Fsp3) is 0.222. The van der Waals surface area contributed by atoms with Gasteiger partial charge >= 0.3 is 0 Å². The SMILES string of the molecule is CSc1ccc([C@H]2CC(=O)Nc3c2cnn3Cc2cccs2)cc1. The number of nitrogens with zero attached hydrogens (tertiary/aromatic N) is 2. The molecule has 3 heterocycles. The highest BCUT2D eigenvalue weighted by molar-refractivity contribution is 7.98. The van der Waals surface area contributed by atoms with Gasteiger partial charge in [0.25, 0.3) is 0 Å². The topological polar surface area (TPSA) is 46.9 Å². The summed E-state index contributed by atoms with van der Waals surface area (Å²) in [7, 11) is 0. The molecule has 122 valence electrons. The predicted octanol–water partition coefficient (Wildman–Crippen LogP) is 4.19. The molecule has 4 nitrogen and oxygen atoms in total. The number of hydrogen-bond acceptors (Lipinski definition) is 4. The van der Waals surface area contributed by atoms with Gasteiger partial charge in [-0.05, 0) is 35.4 Å². The van der Waals surface area contributed by atoms with Crippen molar-refractivity contribution in [2.75, 3.05) is 11.6 Å². The van der Waals surface area contributed by atoms with Crippen molar-refractivity contribution in [1.82, 2.24) is 9.78 Å². The maximum atomic E-state index is 12.2. The van der Waals surface area contributed by atoms with Gasteiger partial charge in [0.05, 0.1) is 12.7 Å². The van der Waals surface area contributed by atoms with Crippen molar-refractivity contribution >= 4 is 34.8 Å². The Morgan fingerprint density at radius 2 is 2.17 bits per heavy atom. The van der Waals surface area contributed by atoms with Gasteiger partial charge in [0.15, 0.2) is 0 Å². The highest BCUT2D eigenvalue weighted by Crippen LogP contribution is 2.37. The van der Waals surface area contributed by atoms with E-state index >= 15 is 0 Å². The fourth-order valence-electron chi connectivity index (χ4n) is 3.07. The summed E-state index contributed by atoms with van der Waals surface area (Å²) in [6.07, 6.45) is 4.43. The van der Waals surface area contributed by atoms with Crippen molar-refractivity contribution in [2.45, 2.75) is 23.8 Å². The number of hydrogen-bond donors (Lipinski definition) is 1. The molecule has 0 radical (unpaired) electrons. The van der Waals surface area contributed by atoms with E-state index < -0.39 is 0 Å². The second kappa shape index (κ2) is 6.45. The number of thioether (sulfide) groups is 1. The van der Waals surface area contributed by atoms with Crippen molar-refractivity contribution in [3.05, 3.63) is 64.0 Å². The first-order valence-electron chi connectivity index (χ1n) is 7.76. The van der Waals surface area contributed by atoms with Gasteiger partial charge in [-0.15, -0.1) is 23.1 Å². The zero-order valence-electron chi connectivity index (χ0n) is 13.2. The number of nitrogens with one attached hydrogen (secondary N) is 1. The Hall–Kier alpha value is -2.05. The molecule has 0 saturated heterocycles. The van der Waals surface area contributed by atoms with E-state index in [9.17, 15) is 4.79 Å². The smallest absolute Gasteiger partial charge is 0.226 e. The van der Waals surface area contributed by atoms with Crippen molar-refractivity contribution in [2.24, 2.45) is 0 Å². The average Bonchev–Trinajstić information content (AvgIpc) is 3.25. The zero-order chi connectivity index (χ0) is 16.5. The molecular formula is C18H17N3OS2. The average molecular weight is 355 g/mol. The molecule has 1 aliphatic rings. The molecule has 1 amide bonds. The molecule has 1 aromatic carbocycles. The van der Waals surface area contributed by atoms with Crippen LogP contribution in [0.3, 0.4) is 0 Å². The van der Waals surface area contributed by atoms with Crippen molar-refractivity contribution in [1.29, 1.82) is 0 Å². The maximum Gasteiger partial charge on any atom is 0.226 e. The number of rotatable bonds is 4. The minimum absolute atomic E-state index is 0.0503. The molecule has 0 unspecified atom stereocenters. The van der Waals surface area contributed by atoms with E-state index in [0.29, 0.717) is 13.0 Å². The van der Waals surface area contributed by atoms with E-state index in [2.05, 4.69) is 52.4 Å². The van der Waals surface area contributed by atoms with Gasteiger partial charge in [-0.1, -0.05) is 18.2 Å². The predicted molar refractivity (Wildman–Crippen MR) is 99.0 cm³/mol. The van der Waals surface area contributed by atoms with Crippen molar-refractivity contribution in [3.8, 4) is 0 Å². The number of anilines is 1. The lowest BCUT2D eigenvalue weighted by atomic mass is 9.87. The lowest BCUT2D eigenvalue weighted by Crippen LogP contribution is -2.25. The summed E-state index contributed by atoms with van der Waals surface area (Å²) in [6, 6.07) is 12.6. The Morgan fingerprint density at radius 1 is 1.33 bits per heavy atom. The van der Waals surface area contributed by atoms with Gasteiger partial charge in [0, 0.05) is 27.7 Å². The summed E-state index contributed by atoms with van der Waals surface area (Å²) >= 11 is 3.42. The Morgan fingerprint density at radius 3 is 2.88 bits per heavy atom. The third kappa shape index (κ3) is 2.87. The molecule has 0 spiro atoms. The summed E-state index contributed by atoms with van der Waals surface area (Å²) in [4.78, 5) is 14.7. The highest BCUT2D eigenvalue weighted by atomic mass is 32.2. The summed E-state index contributed by atoms with van der Waals surface area (Å²) in [5, 5.41) is 9.58. The normalized spacial score (nSPS) is 16.7. The lowest BCUT2D eigenvalue weighted by Gasteiger charge is -2.24. The van der Waals surface area contributed by atoms with Crippen LogP contribution in [-0.4, -0.2) is 21.9 Å². The Labute approximate surface area is 148 Å². The molecule has 0 bridgehead atoms. The minimum atomic E-state index is 0.0503. The molecule has 3 aromatic rings. The Kier molecular flexibility index (Phi) is 4.16. The molecule has 0 aliphatic carbocycles. The van der Waals surface area contributed by atoms with Gasteiger partial charge in [0.1, 0.15) is 5.82 Å². The largest absolute Gasteiger partial charge is 0.311 e. The molecule has 1 N–H and O–H groups in total.